The molecule has 5 heteroatoms. The van der Waals surface area contributed by atoms with Gasteiger partial charge < -0.3 is 14.6 Å². The van der Waals surface area contributed by atoms with Crippen molar-refractivity contribution in [2.45, 2.75) is 0 Å². The summed E-state index contributed by atoms with van der Waals surface area (Å²) < 4.78 is 9.78. The van der Waals surface area contributed by atoms with E-state index >= 15 is 0 Å². The Morgan fingerprint density at radius 1 is 1.15 bits per heavy atom. The van der Waals surface area contributed by atoms with Gasteiger partial charge in [-0.25, -0.2) is 4.79 Å². The first kappa shape index (κ1) is 14.2. The Balaban J connectivity index is 2.56. The van der Waals surface area contributed by atoms with Crippen LogP contribution in [0.1, 0.15) is 10.4 Å². The number of methoxy groups -OCH3 is 2. The van der Waals surface area contributed by atoms with Crippen LogP contribution in [-0.2, 0) is 4.74 Å². The van der Waals surface area contributed by atoms with E-state index in [0.29, 0.717) is 27.5 Å². The van der Waals surface area contributed by atoms with Gasteiger partial charge >= 0.3 is 5.97 Å². The van der Waals surface area contributed by atoms with Crippen LogP contribution in [0, 0.1) is 0 Å². The first-order valence-corrected chi connectivity index (χ1v) is 6.19. The Kier molecular flexibility index (Phi) is 4.15. The van der Waals surface area contributed by atoms with Crippen molar-refractivity contribution in [3.05, 3.63) is 47.0 Å². The van der Waals surface area contributed by atoms with Crippen LogP contribution >= 0.6 is 11.6 Å². The van der Waals surface area contributed by atoms with Gasteiger partial charge in [-0.2, -0.15) is 0 Å². The minimum absolute atomic E-state index is 0.0545. The lowest BCUT2D eigenvalue weighted by atomic mass is 10.0. The molecule has 2 aromatic carbocycles. The maximum Gasteiger partial charge on any atom is 0.337 e. The maximum absolute atomic E-state index is 11.6. The minimum atomic E-state index is -0.449. The SMILES string of the molecule is COC(=O)c1ccc(Cl)c(-c2cc(O)cc(OC)c2)c1. The Labute approximate surface area is 121 Å². The molecule has 0 aliphatic carbocycles. The van der Waals surface area contributed by atoms with Crippen molar-refractivity contribution in [3.63, 3.8) is 0 Å². The van der Waals surface area contributed by atoms with Gasteiger partial charge in [-0.15, -0.1) is 0 Å². The molecule has 0 spiro atoms. The highest BCUT2D eigenvalue weighted by molar-refractivity contribution is 6.33. The van der Waals surface area contributed by atoms with Gasteiger partial charge in [0, 0.05) is 16.7 Å². The summed E-state index contributed by atoms with van der Waals surface area (Å²) in [5.41, 5.74) is 1.65. The number of halogens is 1. The number of rotatable bonds is 3. The molecule has 0 amide bonds. The lowest BCUT2D eigenvalue weighted by molar-refractivity contribution is 0.0601. The largest absolute Gasteiger partial charge is 0.508 e. The van der Waals surface area contributed by atoms with E-state index in [4.69, 9.17) is 16.3 Å². The molecule has 2 aromatic rings. The van der Waals surface area contributed by atoms with Crippen LogP contribution in [0.5, 0.6) is 11.5 Å². The molecule has 0 heterocycles. The van der Waals surface area contributed by atoms with Gasteiger partial charge in [0.2, 0.25) is 0 Å². The van der Waals surface area contributed by atoms with Gasteiger partial charge in [-0.3, -0.25) is 0 Å². The molecule has 4 nitrogen and oxygen atoms in total. The Bertz CT molecular complexity index is 652. The number of aromatic hydroxyl groups is 1. The summed E-state index contributed by atoms with van der Waals surface area (Å²) in [6, 6.07) is 9.56. The summed E-state index contributed by atoms with van der Waals surface area (Å²) in [4.78, 5) is 11.6. The predicted molar refractivity (Wildman–Crippen MR) is 76.4 cm³/mol. The van der Waals surface area contributed by atoms with Crippen molar-refractivity contribution >= 4 is 17.6 Å². The second-order valence-electron chi connectivity index (χ2n) is 4.11. The lowest BCUT2D eigenvalue weighted by Crippen LogP contribution is -2.01. The van der Waals surface area contributed by atoms with E-state index in [1.165, 1.54) is 20.3 Å². The fourth-order valence-electron chi connectivity index (χ4n) is 1.85. The molecule has 1 N–H and O–H groups in total. The van der Waals surface area contributed by atoms with E-state index < -0.39 is 5.97 Å². The van der Waals surface area contributed by atoms with Crippen LogP contribution < -0.4 is 4.74 Å². The monoisotopic (exact) mass is 292 g/mol. The van der Waals surface area contributed by atoms with E-state index in [0.717, 1.165) is 0 Å². The molecule has 0 radical (unpaired) electrons. The third-order valence-electron chi connectivity index (χ3n) is 2.83. The summed E-state index contributed by atoms with van der Waals surface area (Å²) in [5, 5.41) is 10.2. The average Bonchev–Trinajstić information content (AvgIpc) is 2.46. The number of benzene rings is 2. The fraction of sp³-hybridized carbons (Fsp3) is 0.133. The van der Waals surface area contributed by atoms with Crippen molar-refractivity contribution in [1.29, 1.82) is 0 Å². The van der Waals surface area contributed by atoms with Gasteiger partial charge in [-0.05, 0) is 35.9 Å². The van der Waals surface area contributed by atoms with Crippen molar-refractivity contribution in [3.8, 4) is 22.6 Å². The lowest BCUT2D eigenvalue weighted by Gasteiger charge is -2.09. The highest BCUT2D eigenvalue weighted by atomic mass is 35.5. The number of carbonyl (C=O) groups excluding carboxylic acids is 1. The number of hydrogen-bond acceptors (Lipinski definition) is 4. The number of hydrogen-bond donors (Lipinski definition) is 1. The standard InChI is InChI=1S/C15H13ClO4/c1-19-12-6-10(5-11(17)8-12)13-7-9(15(18)20-2)3-4-14(13)16/h3-8,17H,1-2H3. The summed E-state index contributed by atoms with van der Waals surface area (Å²) in [6.45, 7) is 0. The Morgan fingerprint density at radius 2 is 1.90 bits per heavy atom. The summed E-state index contributed by atoms with van der Waals surface area (Å²) >= 11 is 6.15. The molecule has 2 rings (SSSR count). The molecule has 0 aliphatic heterocycles. The van der Waals surface area contributed by atoms with Crippen LogP contribution in [0.2, 0.25) is 5.02 Å². The summed E-state index contributed by atoms with van der Waals surface area (Å²) in [6.07, 6.45) is 0. The van der Waals surface area contributed by atoms with E-state index in [-0.39, 0.29) is 5.75 Å². The molecular formula is C15H13ClO4. The van der Waals surface area contributed by atoms with Gasteiger partial charge in [-0.1, -0.05) is 11.6 Å². The summed E-state index contributed by atoms with van der Waals surface area (Å²) in [7, 11) is 2.82. The zero-order valence-electron chi connectivity index (χ0n) is 11.0. The zero-order chi connectivity index (χ0) is 14.7. The topological polar surface area (TPSA) is 55.8 Å². The van der Waals surface area contributed by atoms with Crippen LogP contribution in [-0.4, -0.2) is 25.3 Å². The average molecular weight is 293 g/mol. The molecule has 0 unspecified atom stereocenters. The van der Waals surface area contributed by atoms with E-state index in [1.54, 1.807) is 30.3 Å². The highest BCUT2D eigenvalue weighted by Gasteiger charge is 2.12. The van der Waals surface area contributed by atoms with Crippen LogP contribution in [0.4, 0.5) is 0 Å². The molecule has 0 saturated heterocycles. The molecule has 0 fully saturated rings. The maximum atomic E-state index is 11.6. The Morgan fingerprint density at radius 3 is 2.55 bits per heavy atom. The number of ether oxygens (including phenoxy) is 2. The molecule has 0 aliphatic rings. The minimum Gasteiger partial charge on any atom is -0.508 e. The summed E-state index contributed by atoms with van der Waals surface area (Å²) in [5.74, 6) is 0.105. The first-order chi connectivity index (χ1) is 9.55. The number of carbonyl (C=O) groups is 1. The number of phenolic OH excluding ortho intramolecular Hbond substituents is 1. The fourth-order valence-corrected chi connectivity index (χ4v) is 2.07. The van der Waals surface area contributed by atoms with Gasteiger partial charge in [0.15, 0.2) is 0 Å². The van der Waals surface area contributed by atoms with Crippen molar-refractivity contribution in [2.75, 3.05) is 14.2 Å². The molecule has 0 aromatic heterocycles. The molecule has 20 heavy (non-hydrogen) atoms. The van der Waals surface area contributed by atoms with Gasteiger partial charge in [0.1, 0.15) is 11.5 Å². The van der Waals surface area contributed by atoms with E-state index in [9.17, 15) is 9.90 Å². The second-order valence-corrected chi connectivity index (χ2v) is 4.51. The normalized spacial score (nSPS) is 10.2. The van der Waals surface area contributed by atoms with E-state index in [2.05, 4.69) is 4.74 Å². The molecule has 0 atom stereocenters. The van der Waals surface area contributed by atoms with Crippen LogP contribution in [0.25, 0.3) is 11.1 Å². The number of esters is 1. The van der Waals surface area contributed by atoms with Gasteiger partial charge in [0.25, 0.3) is 0 Å². The quantitative estimate of drug-likeness (QED) is 0.880. The van der Waals surface area contributed by atoms with E-state index in [1.807, 2.05) is 0 Å². The van der Waals surface area contributed by atoms with Crippen LogP contribution in [0.15, 0.2) is 36.4 Å². The molecule has 0 bridgehead atoms. The second kappa shape index (κ2) is 5.84. The smallest absolute Gasteiger partial charge is 0.337 e. The molecule has 104 valence electrons. The van der Waals surface area contributed by atoms with Crippen molar-refractivity contribution in [2.24, 2.45) is 0 Å². The zero-order valence-corrected chi connectivity index (χ0v) is 11.8. The highest BCUT2D eigenvalue weighted by Crippen LogP contribution is 2.34. The van der Waals surface area contributed by atoms with Gasteiger partial charge in [0.05, 0.1) is 19.8 Å². The predicted octanol–water partition coefficient (Wildman–Crippen LogP) is 3.51. The Hall–Kier alpha value is -2.20. The third kappa shape index (κ3) is 2.86. The third-order valence-corrected chi connectivity index (χ3v) is 3.16. The first-order valence-electron chi connectivity index (χ1n) is 5.81. The molecular weight excluding hydrogens is 280 g/mol. The van der Waals surface area contributed by atoms with Crippen molar-refractivity contribution in [1.82, 2.24) is 0 Å². The molecule has 0 saturated carbocycles. The van der Waals surface area contributed by atoms with Crippen molar-refractivity contribution < 1.29 is 19.4 Å². The van der Waals surface area contributed by atoms with Crippen LogP contribution in [0.3, 0.4) is 0 Å². The number of phenols is 1.